The molecule has 1 aromatic rings. The second-order valence-corrected chi connectivity index (χ2v) is 6.79. The van der Waals surface area contributed by atoms with Gasteiger partial charge in [0.15, 0.2) is 0 Å². The number of nitrogens with one attached hydrogen (secondary N) is 1. The molecule has 0 radical (unpaired) electrons. The van der Waals surface area contributed by atoms with Crippen LogP contribution in [0.3, 0.4) is 0 Å². The first-order valence-electron chi connectivity index (χ1n) is 7.74. The number of nitriles is 1. The zero-order chi connectivity index (χ0) is 17.0. The molecule has 1 aliphatic heterocycles. The van der Waals surface area contributed by atoms with Crippen LogP contribution in [0.5, 0.6) is 0 Å². The summed E-state index contributed by atoms with van der Waals surface area (Å²) in [5.74, 6) is 0.901. The van der Waals surface area contributed by atoms with Crippen molar-refractivity contribution in [3.8, 4) is 6.07 Å². The minimum Gasteiger partial charge on any atom is -0.444 e. The summed E-state index contributed by atoms with van der Waals surface area (Å²) in [5.41, 5.74) is 0.666. The van der Waals surface area contributed by atoms with Crippen LogP contribution < -0.4 is 10.2 Å². The molecule has 7 nitrogen and oxygen atoms in total. The largest absolute Gasteiger partial charge is 0.444 e. The molecular formula is C16H23N5O2. The standard InChI is InChI=1S/C16H23N5O2/c1-11-7-13(8-17)20-14(19-11)21-6-5-12(10-21)9-18-15(22)23-16(2,3)4/h7,12H,5-6,9-10H2,1-4H3,(H,18,22)/t12-/m1/s1. The summed E-state index contributed by atoms with van der Waals surface area (Å²) in [5, 5.41) is 11.8. The molecular weight excluding hydrogens is 294 g/mol. The molecule has 2 heterocycles. The third-order valence-electron chi connectivity index (χ3n) is 3.46. The summed E-state index contributed by atoms with van der Waals surface area (Å²) in [6.07, 6.45) is 0.546. The van der Waals surface area contributed by atoms with E-state index in [9.17, 15) is 4.79 Å². The smallest absolute Gasteiger partial charge is 0.407 e. The Morgan fingerprint density at radius 3 is 2.91 bits per heavy atom. The van der Waals surface area contributed by atoms with Crippen molar-refractivity contribution in [1.29, 1.82) is 5.26 Å². The van der Waals surface area contributed by atoms with Crippen LogP contribution >= 0.6 is 0 Å². The average Bonchev–Trinajstić information content (AvgIpc) is 2.91. The third kappa shape index (κ3) is 5.09. The highest BCUT2D eigenvalue weighted by Gasteiger charge is 2.26. The number of rotatable bonds is 3. The summed E-state index contributed by atoms with van der Waals surface area (Å²) < 4.78 is 5.23. The summed E-state index contributed by atoms with van der Waals surface area (Å²) in [6.45, 7) is 9.49. The number of hydrogen-bond acceptors (Lipinski definition) is 6. The highest BCUT2D eigenvalue weighted by Crippen LogP contribution is 2.21. The Labute approximate surface area is 136 Å². The first-order chi connectivity index (χ1) is 10.8. The van der Waals surface area contributed by atoms with Gasteiger partial charge in [-0.1, -0.05) is 0 Å². The molecule has 0 aromatic carbocycles. The van der Waals surface area contributed by atoms with E-state index in [4.69, 9.17) is 10.00 Å². The summed E-state index contributed by atoms with van der Waals surface area (Å²) in [4.78, 5) is 22.4. The molecule has 1 fully saturated rings. The van der Waals surface area contributed by atoms with Crippen molar-refractivity contribution in [3.05, 3.63) is 17.5 Å². The first-order valence-corrected chi connectivity index (χ1v) is 7.74. The van der Waals surface area contributed by atoms with Gasteiger partial charge in [0.2, 0.25) is 5.95 Å². The SMILES string of the molecule is Cc1cc(C#N)nc(N2CC[C@H](CNC(=O)OC(C)(C)C)C2)n1. The van der Waals surface area contributed by atoms with Crippen LogP contribution in [-0.4, -0.2) is 41.3 Å². The maximum Gasteiger partial charge on any atom is 0.407 e. The van der Waals surface area contributed by atoms with E-state index in [1.807, 2.05) is 27.7 Å². The lowest BCUT2D eigenvalue weighted by atomic mass is 10.1. The fourth-order valence-electron chi connectivity index (χ4n) is 2.47. The van der Waals surface area contributed by atoms with Crippen LogP contribution in [-0.2, 0) is 4.74 Å². The van der Waals surface area contributed by atoms with E-state index in [0.717, 1.165) is 25.2 Å². The second-order valence-electron chi connectivity index (χ2n) is 6.79. The van der Waals surface area contributed by atoms with Gasteiger partial charge in [0, 0.05) is 25.3 Å². The monoisotopic (exact) mass is 317 g/mol. The molecule has 1 aliphatic rings. The maximum atomic E-state index is 11.7. The van der Waals surface area contributed by atoms with Crippen molar-refractivity contribution in [2.45, 2.75) is 39.7 Å². The molecule has 2 rings (SSSR count). The van der Waals surface area contributed by atoms with Gasteiger partial charge < -0.3 is 15.0 Å². The molecule has 0 unspecified atom stereocenters. The molecule has 1 saturated heterocycles. The quantitative estimate of drug-likeness (QED) is 0.917. The second kappa shape index (κ2) is 6.82. The third-order valence-corrected chi connectivity index (χ3v) is 3.46. The van der Waals surface area contributed by atoms with Crippen LogP contribution in [0.2, 0.25) is 0 Å². The highest BCUT2D eigenvalue weighted by molar-refractivity contribution is 5.67. The molecule has 124 valence electrons. The zero-order valence-corrected chi connectivity index (χ0v) is 14.1. The summed E-state index contributed by atoms with van der Waals surface area (Å²) >= 11 is 0. The molecule has 1 aromatic heterocycles. The van der Waals surface area contributed by atoms with Gasteiger partial charge in [0.25, 0.3) is 0 Å². The lowest BCUT2D eigenvalue weighted by Gasteiger charge is -2.21. The van der Waals surface area contributed by atoms with Gasteiger partial charge in [-0.3, -0.25) is 0 Å². The van der Waals surface area contributed by atoms with Gasteiger partial charge >= 0.3 is 6.09 Å². The van der Waals surface area contributed by atoms with Crippen molar-refractivity contribution in [2.24, 2.45) is 5.92 Å². The Hall–Kier alpha value is -2.36. The molecule has 7 heteroatoms. The maximum absolute atomic E-state index is 11.7. The number of carbonyl (C=O) groups excluding carboxylic acids is 1. The molecule has 0 aliphatic carbocycles. The van der Waals surface area contributed by atoms with Gasteiger partial charge in [0.05, 0.1) is 0 Å². The molecule has 23 heavy (non-hydrogen) atoms. The van der Waals surface area contributed by atoms with Gasteiger partial charge in [-0.15, -0.1) is 0 Å². The Morgan fingerprint density at radius 2 is 2.26 bits per heavy atom. The average molecular weight is 317 g/mol. The Kier molecular flexibility index (Phi) is 5.04. The minimum absolute atomic E-state index is 0.317. The van der Waals surface area contributed by atoms with E-state index in [0.29, 0.717) is 24.1 Å². The molecule has 0 bridgehead atoms. The number of nitrogens with zero attached hydrogens (tertiary/aromatic N) is 4. The Bertz CT molecular complexity index is 618. The predicted molar refractivity (Wildman–Crippen MR) is 86.0 cm³/mol. The number of aryl methyl sites for hydroxylation is 1. The van der Waals surface area contributed by atoms with Crippen molar-refractivity contribution in [3.63, 3.8) is 0 Å². The van der Waals surface area contributed by atoms with Gasteiger partial charge in [-0.2, -0.15) is 5.26 Å². The van der Waals surface area contributed by atoms with E-state index < -0.39 is 11.7 Å². The number of alkyl carbamates (subject to hydrolysis) is 1. The number of anilines is 1. The highest BCUT2D eigenvalue weighted by atomic mass is 16.6. The van der Waals surface area contributed by atoms with Crippen molar-refractivity contribution in [2.75, 3.05) is 24.5 Å². The zero-order valence-electron chi connectivity index (χ0n) is 14.1. The van der Waals surface area contributed by atoms with Gasteiger partial charge in [-0.05, 0) is 46.1 Å². The van der Waals surface area contributed by atoms with Crippen LogP contribution in [0, 0.1) is 24.2 Å². The van der Waals surface area contributed by atoms with Gasteiger partial charge in [0.1, 0.15) is 17.4 Å². The van der Waals surface area contributed by atoms with E-state index in [1.165, 1.54) is 0 Å². The fraction of sp³-hybridized carbons (Fsp3) is 0.625. The molecule has 0 spiro atoms. The Morgan fingerprint density at radius 1 is 1.52 bits per heavy atom. The first kappa shape index (κ1) is 17.0. The Balaban J connectivity index is 1.88. The topological polar surface area (TPSA) is 91.1 Å². The lowest BCUT2D eigenvalue weighted by Crippen LogP contribution is -2.36. The van der Waals surface area contributed by atoms with Crippen LogP contribution in [0.1, 0.15) is 38.6 Å². The molecule has 1 amide bonds. The van der Waals surface area contributed by atoms with E-state index in [2.05, 4.69) is 26.3 Å². The molecule has 1 atom stereocenters. The van der Waals surface area contributed by atoms with E-state index in [1.54, 1.807) is 6.07 Å². The predicted octanol–water partition coefficient (Wildman–Crippen LogP) is 2.01. The van der Waals surface area contributed by atoms with E-state index in [-0.39, 0.29) is 0 Å². The number of ether oxygens (including phenoxy) is 1. The number of aromatic nitrogens is 2. The van der Waals surface area contributed by atoms with Crippen LogP contribution in [0.15, 0.2) is 6.07 Å². The normalized spacial score (nSPS) is 17.7. The van der Waals surface area contributed by atoms with E-state index >= 15 is 0 Å². The van der Waals surface area contributed by atoms with Crippen LogP contribution in [0.25, 0.3) is 0 Å². The lowest BCUT2D eigenvalue weighted by molar-refractivity contribution is 0.0520. The number of carbonyl (C=O) groups is 1. The van der Waals surface area contributed by atoms with Gasteiger partial charge in [-0.25, -0.2) is 14.8 Å². The van der Waals surface area contributed by atoms with Crippen LogP contribution in [0.4, 0.5) is 10.7 Å². The summed E-state index contributed by atoms with van der Waals surface area (Å²) in [7, 11) is 0. The molecule has 0 saturated carbocycles. The van der Waals surface area contributed by atoms with Crippen molar-refractivity contribution >= 4 is 12.0 Å². The summed E-state index contributed by atoms with van der Waals surface area (Å²) in [6, 6.07) is 3.72. The fourth-order valence-corrected chi connectivity index (χ4v) is 2.47. The number of hydrogen-bond donors (Lipinski definition) is 1. The number of amides is 1. The molecule has 1 N–H and O–H groups in total. The minimum atomic E-state index is -0.491. The van der Waals surface area contributed by atoms with Crippen molar-refractivity contribution in [1.82, 2.24) is 15.3 Å². The van der Waals surface area contributed by atoms with Crippen molar-refractivity contribution < 1.29 is 9.53 Å².